The molecule has 5 nitrogen and oxygen atoms in total. The van der Waals surface area contributed by atoms with Gasteiger partial charge in [-0.1, -0.05) is 30.3 Å². The maximum atomic E-state index is 4.49. The van der Waals surface area contributed by atoms with Crippen LogP contribution >= 0.6 is 0 Å². The van der Waals surface area contributed by atoms with Crippen molar-refractivity contribution in [1.29, 1.82) is 0 Å². The molecule has 1 aromatic carbocycles. The molecule has 2 aliphatic rings. The van der Waals surface area contributed by atoms with E-state index in [1.807, 2.05) is 6.33 Å². The van der Waals surface area contributed by atoms with Crippen LogP contribution in [-0.2, 0) is 5.66 Å². The van der Waals surface area contributed by atoms with Crippen LogP contribution in [0.1, 0.15) is 30.7 Å². The Morgan fingerprint density at radius 2 is 1.95 bits per heavy atom. The molecule has 0 radical (unpaired) electrons. The number of hydrogen-bond donors (Lipinski definition) is 1. The van der Waals surface area contributed by atoms with Gasteiger partial charge in [0.25, 0.3) is 0 Å². The Morgan fingerprint density at radius 3 is 2.68 bits per heavy atom. The highest BCUT2D eigenvalue weighted by atomic mass is 15.5. The van der Waals surface area contributed by atoms with Gasteiger partial charge in [0, 0.05) is 13.1 Å². The number of nitrogens with zero attached hydrogens (tertiary/aromatic N) is 4. The lowest BCUT2D eigenvalue weighted by Gasteiger charge is -2.44. The first-order chi connectivity index (χ1) is 10.9. The summed E-state index contributed by atoms with van der Waals surface area (Å²) in [6.45, 7) is 4.35. The van der Waals surface area contributed by atoms with Gasteiger partial charge in [0.15, 0.2) is 0 Å². The van der Waals surface area contributed by atoms with E-state index in [1.165, 1.54) is 12.0 Å². The maximum Gasteiger partial charge on any atom is 0.137 e. The second-order valence-corrected chi connectivity index (χ2v) is 6.41. The van der Waals surface area contributed by atoms with Gasteiger partial charge >= 0.3 is 0 Å². The van der Waals surface area contributed by atoms with Crippen LogP contribution in [0.25, 0.3) is 0 Å². The Bertz CT molecular complexity index is 589. The van der Waals surface area contributed by atoms with Crippen molar-refractivity contribution in [3.05, 3.63) is 48.5 Å². The van der Waals surface area contributed by atoms with Crippen molar-refractivity contribution in [2.24, 2.45) is 0 Å². The summed E-state index contributed by atoms with van der Waals surface area (Å²) in [4.78, 5) is 6.83. The highest BCUT2D eigenvalue weighted by Gasteiger charge is 2.43. The molecule has 22 heavy (non-hydrogen) atoms. The number of aromatic nitrogens is 3. The number of likely N-dealkylation sites (tertiary alicyclic amines) is 1. The summed E-state index contributed by atoms with van der Waals surface area (Å²) in [7, 11) is 0. The van der Waals surface area contributed by atoms with Crippen LogP contribution in [0.2, 0.25) is 0 Å². The fraction of sp³-hybridized carbons (Fsp3) is 0.529. The van der Waals surface area contributed by atoms with Gasteiger partial charge in [-0.25, -0.2) is 9.67 Å². The molecule has 0 bridgehead atoms. The Kier molecular flexibility index (Phi) is 3.68. The molecule has 0 spiro atoms. The number of nitrogens with one attached hydrogen (secondary N) is 1. The van der Waals surface area contributed by atoms with Crippen LogP contribution in [0.5, 0.6) is 0 Å². The molecular formula is C17H23N5. The third kappa shape index (κ3) is 2.34. The largest absolute Gasteiger partial charge is 0.316 e. The van der Waals surface area contributed by atoms with Gasteiger partial charge in [-0.3, -0.25) is 4.90 Å². The number of hydrogen-bond acceptors (Lipinski definition) is 4. The minimum Gasteiger partial charge on any atom is -0.316 e. The van der Waals surface area contributed by atoms with Crippen molar-refractivity contribution in [2.75, 3.05) is 26.2 Å². The van der Waals surface area contributed by atoms with Crippen molar-refractivity contribution in [2.45, 2.75) is 30.8 Å². The summed E-state index contributed by atoms with van der Waals surface area (Å²) in [5, 5.41) is 7.97. The summed E-state index contributed by atoms with van der Waals surface area (Å²) < 4.78 is 2.10. The predicted molar refractivity (Wildman–Crippen MR) is 85.5 cm³/mol. The van der Waals surface area contributed by atoms with E-state index in [0.717, 1.165) is 39.0 Å². The van der Waals surface area contributed by atoms with Crippen LogP contribution in [0, 0.1) is 0 Å². The molecule has 4 rings (SSSR count). The minimum absolute atomic E-state index is 0.00524. The van der Waals surface area contributed by atoms with Crippen LogP contribution in [0.4, 0.5) is 0 Å². The smallest absolute Gasteiger partial charge is 0.137 e. The summed E-state index contributed by atoms with van der Waals surface area (Å²) >= 11 is 0. The number of benzene rings is 1. The van der Waals surface area contributed by atoms with E-state index in [2.05, 4.69) is 55.3 Å². The molecule has 3 heterocycles. The molecule has 116 valence electrons. The lowest BCUT2D eigenvalue weighted by Crippen LogP contribution is -2.55. The van der Waals surface area contributed by atoms with Crippen LogP contribution in [0.15, 0.2) is 43.0 Å². The summed E-state index contributed by atoms with van der Waals surface area (Å²) in [5.74, 6) is 0.636. The first-order valence-corrected chi connectivity index (χ1v) is 8.24. The SMILES string of the molecule is c1ccc(C2CCN(C3(n4cncn4)CCNCC3)C2)cc1. The lowest BCUT2D eigenvalue weighted by atomic mass is 9.95. The van der Waals surface area contributed by atoms with Crippen molar-refractivity contribution >= 4 is 0 Å². The first-order valence-electron chi connectivity index (χ1n) is 8.24. The van der Waals surface area contributed by atoms with E-state index >= 15 is 0 Å². The predicted octanol–water partition coefficient (Wildman–Crippen LogP) is 1.80. The van der Waals surface area contributed by atoms with Gasteiger partial charge in [0.2, 0.25) is 0 Å². The normalized spacial score (nSPS) is 25.4. The Morgan fingerprint density at radius 1 is 1.14 bits per heavy atom. The third-order valence-electron chi connectivity index (χ3n) is 5.30. The van der Waals surface area contributed by atoms with E-state index in [9.17, 15) is 0 Å². The average molecular weight is 297 g/mol. The summed E-state index contributed by atoms with van der Waals surface area (Å²) in [6.07, 6.45) is 6.97. The zero-order valence-corrected chi connectivity index (χ0v) is 12.9. The zero-order valence-electron chi connectivity index (χ0n) is 12.9. The van der Waals surface area contributed by atoms with E-state index < -0.39 is 0 Å². The summed E-state index contributed by atoms with van der Waals surface area (Å²) in [5.41, 5.74) is 1.47. The van der Waals surface area contributed by atoms with Gasteiger partial charge in [0.1, 0.15) is 18.3 Å². The molecule has 2 aromatic rings. The molecular weight excluding hydrogens is 274 g/mol. The van der Waals surface area contributed by atoms with E-state index in [-0.39, 0.29) is 5.66 Å². The molecule has 2 fully saturated rings. The monoisotopic (exact) mass is 297 g/mol. The summed E-state index contributed by atoms with van der Waals surface area (Å²) in [6, 6.07) is 10.9. The Hall–Kier alpha value is -1.72. The Balaban J connectivity index is 1.59. The first kappa shape index (κ1) is 13.9. The average Bonchev–Trinajstić information content (AvgIpc) is 3.29. The van der Waals surface area contributed by atoms with Crippen molar-refractivity contribution in [1.82, 2.24) is 25.0 Å². The van der Waals surface area contributed by atoms with Crippen molar-refractivity contribution in [3.63, 3.8) is 0 Å². The van der Waals surface area contributed by atoms with Gasteiger partial charge in [-0.2, -0.15) is 5.10 Å². The van der Waals surface area contributed by atoms with Crippen LogP contribution in [-0.4, -0.2) is 45.8 Å². The molecule has 2 aliphatic heterocycles. The highest BCUT2D eigenvalue weighted by molar-refractivity contribution is 5.21. The van der Waals surface area contributed by atoms with Crippen molar-refractivity contribution in [3.8, 4) is 0 Å². The molecule has 0 amide bonds. The third-order valence-corrected chi connectivity index (χ3v) is 5.30. The van der Waals surface area contributed by atoms with Crippen LogP contribution < -0.4 is 5.32 Å². The molecule has 0 aliphatic carbocycles. The molecule has 5 heteroatoms. The van der Waals surface area contributed by atoms with E-state index in [1.54, 1.807) is 6.33 Å². The van der Waals surface area contributed by atoms with Gasteiger partial charge in [0.05, 0.1) is 0 Å². The molecule has 1 aromatic heterocycles. The van der Waals surface area contributed by atoms with Gasteiger partial charge in [-0.05, 0) is 43.8 Å². The zero-order chi connectivity index (χ0) is 14.8. The van der Waals surface area contributed by atoms with Crippen molar-refractivity contribution < 1.29 is 0 Å². The molecule has 1 unspecified atom stereocenters. The maximum absolute atomic E-state index is 4.49. The fourth-order valence-electron chi connectivity index (χ4n) is 4.08. The number of piperidine rings is 1. The Labute approximate surface area is 131 Å². The van der Waals surface area contributed by atoms with E-state index in [0.29, 0.717) is 5.92 Å². The molecule has 1 atom stereocenters. The highest BCUT2D eigenvalue weighted by Crippen LogP contribution is 2.38. The molecule has 2 saturated heterocycles. The lowest BCUT2D eigenvalue weighted by molar-refractivity contribution is -0.00530. The van der Waals surface area contributed by atoms with E-state index in [4.69, 9.17) is 0 Å². The van der Waals surface area contributed by atoms with Gasteiger partial charge < -0.3 is 5.32 Å². The number of rotatable bonds is 3. The standard InChI is InChI=1S/C17H23N5/c1-2-4-15(5-3-1)16-6-11-21(12-16)17(7-9-18-10-8-17)22-14-19-13-20-22/h1-5,13-14,16,18H,6-12H2. The fourth-order valence-corrected chi connectivity index (χ4v) is 4.08. The van der Waals surface area contributed by atoms with Gasteiger partial charge in [-0.15, -0.1) is 0 Å². The second kappa shape index (κ2) is 5.82. The minimum atomic E-state index is 0.00524. The molecule has 1 N–H and O–H groups in total. The topological polar surface area (TPSA) is 46.0 Å². The molecule has 0 saturated carbocycles. The van der Waals surface area contributed by atoms with Crippen LogP contribution in [0.3, 0.4) is 0 Å². The second-order valence-electron chi connectivity index (χ2n) is 6.41. The quantitative estimate of drug-likeness (QED) is 0.938.